The molecule has 0 heterocycles. The number of aliphatic hydroxyl groups excluding tert-OH is 1. The van der Waals surface area contributed by atoms with Crippen LogP contribution in [0, 0.1) is 11.8 Å². The molecule has 0 aromatic heterocycles. The Hall–Kier alpha value is -3.44. The first-order valence-corrected chi connectivity index (χ1v) is 15.2. The van der Waals surface area contributed by atoms with Gasteiger partial charge in [-0.05, 0) is 43.6 Å². The van der Waals surface area contributed by atoms with E-state index in [1.54, 1.807) is 20.1 Å². The monoisotopic (exact) mass is 633 g/mol. The second-order valence-electron chi connectivity index (χ2n) is 10.9. The number of nitrogens with one attached hydrogen (secondary N) is 5. The zero-order chi connectivity index (χ0) is 33.4. The molecule has 0 aliphatic rings. The Morgan fingerprint density at radius 1 is 0.744 bits per heavy atom. The van der Waals surface area contributed by atoms with Crippen LogP contribution < -0.4 is 38.1 Å². The van der Waals surface area contributed by atoms with Crippen LogP contribution in [0.15, 0.2) is 0 Å². The largest absolute Gasteiger partial charge is 0.480 e. The first-order chi connectivity index (χ1) is 19.9. The predicted molar refractivity (Wildman–Crippen MR) is 159 cm³/mol. The summed E-state index contributed by atoms with van der Waals surface area (Å²) in [5.41, 5.74) is 11.1. The summed E-state index contributed by atoms with van der Waals surface area (Å²) >= 11 is 1.38. The van der Waals surface area contributed by atoms with Crippen LogP contribution in [-0.2, 0) is 33.6 Å². The van der Waals surface area contributed by atoms with Gasteiger partial charge in [-0.15, -0.1) is 0 Å². The standard InChI is InChI=1S/C26H47N7O9S/c1-12(2)9-15(27)22(37)31-17(10-19(28)35)23(38)29-14(5)21(36)33-20(13(3)4)25(40)32-18(11-34)24(39)30-16(26(41)42)7-8-43-6/h12-18,20,34H,7-11,27H2,1-6H3,(H2,28,35)(H,29,38)(H,30,39)(H,31,37)(H,32,40)(H,33,36)(H,41,42)/t14-,15-,16-,17-,18-,20-/m0/s1. The molecule has 6 atom stereocenters. The fourth-order valence-electron chi connectivity index (χ4n) is 3.72. The topological polar surface area (TPSA) is 272 Å². The smallest absolute Gasteiger partial charge is 0.326 e. The molecule has 0 spiro atoms. The number of aliphatic carboxylic acids is 1. The van der Waals surface area contributed by atoms with E-state index in [4.69, 9.17) is 11.5 Å². The lowest BCUT2D eigenvalue weighted by Gasteiger charge is -2.27. The minimum absolute atomic E-state index is 0.0904. The number of amides is 6. The Morgan fingerprint density at radius 2 is 1.28 bits per heavy atom. The van der Waals surface area contributed by atoms with E-state index in [2.05, 4.69) is 26.6 Å². The number of thioether (sulfide) groups is 1. The Balaban J connectivity index is 5.45. The van der Waals surface area contributed by atoms with Gasteiger partial charge in [-0.3, -0.25) is 28.8 Å². The SMILES string of the molecule is CSCC[C@H](NC(=O)[C@H](CO)NC(=O)[C@@H](NC(=O)[C@H](C)NC(=O)[C@H](CC(N)=O)NC(=O)[C@@H](N)CC(C)C)C(C)C)C(=O)O. The first kappa shape index (κ1) is 39.6. The van der Waals surface area contributed by atoms with Crippen molar-refractivity contribution in [1.82, 2.24) is 26.6 Å². The van der Waals surface area contributed by atoms with Crippen LogP contribution in [0.1, 0.15) is 53.9 Å². The van der Waals surface area contributed by atoms with Gasteiger partial charge in [-0.1, -0.05) is 27.7 Å². The van der Waals surface area contributed by atoms with Gasteiger partial charge in [-0.2, -0.15) is 11.8 Å². The van der Waals surface area contributed by atoms with Gasteiger partial charge < -0.3 is 48.3 Å². The number of nitrogens with two attached hydrogens (primary N) is 2. The van der Waals surface area contributed by atoms with Gasteiger partial charge in [0.1, 0.15) is 30.2 Å². The van der Waals surface area contributed by atoms with E-state index in [1.807, 2.05) is 13.8 Å². The number of carboxylic acid groups (broad SMARTS) is 1. The fourth-order valence-corrected chi connectivity index (χ4v) is 4.19. The molecule has 43 heavy (non-hydrogen) atoms. The van der Waals surface area contributed by atoms with Crippen molar-refractivity contribution in [2.24, 2.45) is 23.3 Å². The van der Waals surface area contributed by atoms with E-state index in [9.17, 15) is 43.8 Å². The zero-order valence-electron chi connectivity index (χ0n) is 25.5. The summed E-state index contributed by atoms with van der Waals surface area (Å²) in [5.74, 6) is -6.27. The van der Waals surface area contributed by atoms with E-state index in [1.165, 1.54) is 18.7 Å². The molecule has 0 fully saturated rings. The third-order valence-electron chi connectivity index (χ3n) is 6.14. The second-order valence-corrected chi connectivity index (χ2v) is 11.8. The lowest BCUT2D eigenvalue weighted by molar-refractivity contribution is -0.142. The van der Waals surface area contributed by atoms with Crippen molar-refractivity contribution >= 4 is 53.2 Å². The van der Waals surface area contributed by atoms with Crippen LogP contribution in [0.25, 0.3) is 0 Å². The Morgan fingerprint density at radius 3 is 1.74 bits per heavy atom. The molecule has 0 saturated carbocycles. The molecule has 6 amide bonds. The maximum Gasteiger partial charge on any atom is 0.326 e. The van der Waals surface area contributed by atoms with E-state index in [0.717, 1.165) is 0 Å². The van der Waals surface area contributed by atoms with Crippen molar-refractivity contribution in [2.75, 3.05) is 18.6 Å². The second kappa shape index (κ2) is 19.7. The number of carbonyl (C=O) groups excluding carboxylic acids is 6. The van der Waals surface area contributed by atoms with Crippen molar-refractivity contribution in [3.8, 4) is 0 Å². The molecule has 11 N–H and O–H groups in total. The molecule has 0 radical (unpaired) electrons. The molecule has 246 valence electrons. The number of hydrogen-bond donors (Lipinski definition) is 9. The molecule has 0 aliphatic heterocycles. The van der Waals surface area contributed by atoms with E-state index < -0.39 is 96.6 Å². The van der Waals surface area contributed by atoms with E-state index >= 15 is 0 Å². The van der Waals surface area contributed by atoms with E-state index in [-0.39, 0.29) is 12.3 Å². The Labute approximate surface area is 255 Å². The van der Waals surface area contributed by atoms with Gasteiger partial charge in [0.2, 0.25) is 35.4 Å². The zero-order valence-corrected chi connectivity index (χ0v) is 26.3. The molecule has 16 nitrogen and oxygen atoms in total. The van der Waals surface area contributed by atoms with Crippen molar-refractivity contribution in [2.45, 2.75) is 90.1 Å². The molecule has 0 rings (SSSR count). The summed E-state index contributed by atoms with van der Waals surface area (Å²) < 4.78 is 0. The minimum Gasteiger partial charge on any atom is -0.480 e. The third-order valence-corrected chi connectivity index (χ3v) is 6.78. The van der Waals surface area contributed by atoms with Gasteiger partial charge >= 0.3 is 5.97 Å². The molecule has 0 unspecified atom stereocenters. The number of rotatable bonds is 20. The average Bonchev–Trinajstić information content (AvgIpc) is 2.90. The normalized spacial score (nSPS) is 15.3. The fraction of sp³-hybridized carbons (Fsp3) is 0.731. The first-order valence-electron chi connectivity index (χ1n) is 13.8. The number of primary amides is 1. The van der Waals surface area contributed by atoms with Gasteiger partial charge in [0.05, 0.1) is 19.1 Å². The maximum absolute atomic E-state index is 13.0. The molecule has 0 aromatic rings. The summed E-state index contributed by atoms with van der Waals surface area (Å²) in [5, 5.41) is 30.8. The highest BCUT2D eigenvalue weighted by molar-refractivity contribution is 7.98. The Kier molecular flexibility index (Phi) is 18.1. The van der Waals surface area contributed by atoms with Crippen molar-refractivity contribution in [1.29, 1.82) is 0 Å². The summed E-state index contributed by atoms with van der Waals surface area (Å²) in [6.07, 6.45) is 1.66. The number of carbonyl (C=O) groups is 7. The van der Waals surface area contributed by atoms with Crippen LogP contribution in [0.3, 0.4) is 0 Å². The molecule has 17 heteroatoms. The van der Waals surface area contributed by atoms with Gasteiger partial charge in [-0.25, -0.2) is 4.79 Å². The lowest BCUT2D eigenvalue weighted by atomic mass is 10.0. The summed E-state index contributed by atoms with van der Waals surface area (Å²) in [4.78, 5) is 86.7. The highest BCUT2D eigenvalue weighted by Gasteiger charge is 2.33. The minimum atomic E-state index is -1.50. The van der Waals surface area contributed by atoms with Gasteiger partial charge in [0.15, 0.2) is 0 Å². The molecule has 0 aliphatic carbocycles. The lowest BCUT2D eigenvalue weighted by Crippen LogP contribution is -2.60. The van der Waals surface area contributed by atoms with E-state index in [0.29, 0.717) is 12.2 Å². The maximum atomic E-state index is 13.0. The molecule has 0 aromatic carbocycles. The average molecular weight is 634 g/mol. The highest BCUT2D eigenvalue weighted by Crippen LogP contribution is 2.06. The molecular weight excluding hydrogens is 586 g/mol. The van der Waals surface area contributed by atoms with Gasteiger partial charge in [0.25, 0.3) is 0 Å². The third kappa shape index (κ3) is 15.0. The van der Waals surface area contributed by atoms with Crippen LogP contribution >= 0.6 is 11.8 Å². The Bertz CT molecular complexity index is 996. The van der Waals surface area contributed by atoms with Gasteiger partial charge in [0, 0.05) is 0 Å². The molecule has 0 saturated heterocycles. The van der Waals surface area contributed by atoms with Crippen molar-refractivity contribution in [3.05, 3.63) is 0 Å². The number of aliphatic hydroxyl groups is 1. The summed E-state index contributed by atoms with van der Waals surface area (Å²) in [7, 11) is 0. The number of hydrogen-bond acceptors (Lipinski definition) is 10. The molecule has 0 bridgehead atoms. The summed E-state index contributed by atoms with van der Waals surface area (Å²) in [6.45, 7) is 7.37. The molecular formula is C26H47N7O9S. The van der Waals surface area contributed by atoms with Crippen LogP contribution in [0.2, 0.25) is 0 Å². The summed E-state index contributed by atoms with van der Waals surface area (Å²) in [6, 6.07) is -7.55. The van der Waals surface area contributed by atoms with Crippen LogP contribution in [0.4, 0.5) is 0 Å². The number of carboxylic acids is 1. The van der Waals surface area contributed by atoms with Crippen molar-refractivity contribution < 1.29 is 43.8 Å². The quantitative estimate of drug-likeness (QED) is 0.0659. The highest BCUT2D eigenvalue weighted by atomic mass is 32.2. The van der Waals surface area contributed by atoms with Crippen LogP contribution in [-0.4, -0.2) is 106 Å². The van der Waals surface area contributed by atoms with Crippen molar-refractivity contribution in [3.63, 3.8) is 0 Å². The van der Waals surface area contributed by atoms with Crippen LogP contribution in [0.5, 0.6) is 0 Å². The predicted octanol–water partition coefficient (Wildman–Crippen LogP) is -2.83.